The van der Waals surface area contributed by atoms with E-state index in [0.717, 1.165) is 19.3 Å². The summed E-state index contributed by atoms with van der Waals surface area (Å²) in [5.41, 5.74) is 0.228. The fourth-order valence-corrected chi connectivity index (χ4v) is 5.36. The second kappa shape index (κ2) is 8.69. The van der Waals surface area contributed by atoms with Gasteiger partial charge in [0.15, 0.2) is 5.69 Å². The molecule has 2 aliphatic carbocycles. The van der Waals surface area contributed by atoms with Crippen LogP contribution in [-0.2, 0) is 0 Å². The summed E-state index contributed by atoms with van der Waals surface area (Å²) in [6.07, 6.45) is 4.37. The summed E-state index contributed by atoms with van der Waals surface area (Å²) in [5, 5.41) is 18.0. The van der Waals surface area contributed by atoms with Crippen molar-refractivity contribution in [2.24, 2.45) is 11.8 Å². The predicted octanol–water partition coefficient (Wildman–Crippen LogP) is 5.90. The van der Waals surface area contributed by atoms with Crippen LogP contribution in [0.2, 0.25) is 10.0 Å². The Kier molecular flexibility index (Phi) is 5.73. The molecule has 5 rings (SSSR count). The Hall–Kier alpha value is -3.08. The molecule has 2 saturated carbocycles. The minimum absolute atomic E-state index is 0.0367. The number of hydrogen-bond donors (Lipinski definition) is 1. The molecule has 3 unspecified atom stereocenters. The first kappa shape index (κ1) is 21.7. The normalized spacial score (nSPS) is 21.1. The summed E-state index contributed by atoms with van der Waals surface area (Å²) in [6, 6.07) is 12.3. The summed E-state index contributed by atoms with van der Waals surface area (Å²) in [5.74, 6) is 0.268. The third-order valence-electron chi connectivity index (χ3n) is 6.37. The molecular weight excluding hydrogens is 466 g/mol. The zero-order valence-electron chi connectivity index (χ0n) is 17.4. The Morgan fingerprint density at radius 1 is 1.21 bits per heavy atom. The molecule has 2 bridgehead atoms. The minimum atomic E-state index is -0.504. The minimum Gasteiger partial charge on any atom is -0.437 e. The molecule has 2 aliphatic rings. The van der Waals surface area contributed by atoms with E-state index in [1.54, 1.807) is 18.2 Å². The summed E-state index contributed by atoms with van der Waals surface area (Å²) in [6.45, 7) is 0. The number of aromatic nitrogens is 2. The van der Waals surface area contributed by atoms with Crippen LogP contribution in [0.3, 0.4) is 0 Å². The van der Waals surface area contributed by atoms with Crippen molar-refractivity contribution in [3.8, 4) is 23.4 Å². The third-order valence-corrected chi connectivity index (χ3v) is 6.91. The molecule has 3 atom stereocenters. The van der Waals surface area contributed by atoms with Crippen molar-refractivity contribution in [2.75, 3.05) is 0 Å². The van der Waals surface area contributed by atoms with Gasteiger partial charge in [-0.1, -0.05) is 35.7 Å². The molecule has 0 spiro atoms. The molecule has 168 valence electrons. The van der Waals surface area contributed by atoms with Crippen LogP contribution in [0.15, 0.2) is 42.5 Å². The van der Waals surface area contributed by atoms with Gasteiger partial charge in [-0.15, -0.1) is 0 Å². The number of halogens is 3. The Bertz CT molecular complexity index is 1290. The lowest BCUT2D eigenvalue weighted by Gasteiger charge is -2.22. The molecule has 2 aromatic carbocycles. The van der Waals surface area contributed by atoms with Gasteiger partial charge in [-0.2, -0.15) is 15.0 Å². The van der Waals surface area contributed by atoms with E-state index in [2.05, 4.69) is 10.4 Å². The largest absolute Gasteiger partial charge is 0.437 e. The van der Waals surface area contributed by atoms with E-state index >= 15 is 0 Å². The lowest BCUT2D eigenvalue weighted by molar-refractivity contribution is 0.0917. The number of nitrogens with one attached hydrogen (secondary N) is 1. The van der Waals surface area contributed by atoms with Gasteiger partial charge in [0.2, 0.25) is 5.88 Å². The predicted molar refractivity (Wildman–Crippen MR) is 121 cm³/mol. The van der Waals surface area contributed by atoms with Crippen LogP contribution < -0.4 is 10.1 Å². The number of hydrogen-bond acceptors (Lipinski definition) is 4. The van der Waals surface area contributed by atoms with Crippen molar-refractivity contribution < 1.29 is 13.9 Å². The summed E-state index contributed by atoms with van der Waals surface area (Å²) < 4.78 is 20.9. The molecule has 1 heterocycles. The van der Waals surface area contributed by atoms with Crippen LogP contribution in [0.1, 0.15) is 41.7 Å². The standard InChI is InChI=1S/C24H19Cl2FN4O2/c25-15-6-7-21(19(26)10-15)31-24(33-17-3-1-2-16(27)11-17)18(12-28)22(30-31)23(32)29-20-9-13-4-5-14(20)8-13/h1-3,6-7,10-11,13-14,20H,4-5,8-9H2,(H,29,32). The van der Waals surface area contributed by atoms with Gasteiger partial charge < -0.3 is 10.1 Å². The number of benzene rings is 2. The molecule has 6 nitrogen and oxygen atoms in total. The van der Waals surface area contributed by atoms with E-state index in [9.17, 15) is 14.4 Å². The molecule has 9 heteroatoms. The van der Waals surface area contributed by atoms with Gasteiger partial charge >= 0.3 is 0 Å². The second-order valence-electron chi connectivity index (χ2n) is 8.46. The molecule has 3 aromatic rings. The van der Waals surface area contributed by atoms with Crippen LogP contribution in [0.5, 0.6) is 11.6 Å². The summed E-state index contributed by atoms with van der Waals surface area (Å²) in [7, 11) is 0. The fourth-order valence-electron chi connectivity index (χ4n) is 4.87. The van der Waals surface area contributed by atoms with Crippen molar-refractivity contribution in [3.05, 3.63) is 69.6 Å². The topological polar surface area (TPSA) is 79.9 Å². The first-order valence-corrected chi connectivity index (χ1v) is 11.4. The highest BCUT2D eigenvalue weighted by atomic mass is 35.5. The van der Waals surface area contributed by atoms with Gasteiger partial charge in [-0.05, 0) is 61.4 Å². The molecule has 1 N–H and O–H groups in total. The lowest BCUT2D eigenvalue weighted by atomic mass is 9.95. The smallest absolute Gasteiger partial charge is 0.273 e. The average molecular weight is 485 g/mol. The Labute approximate surface area is 199 Å². The van der Waals surface area contributed by atoms with E-state index in [0.29, 0.717) is 22.5 Å². The average Bonchev–Trinajstić information content (AvgIpc) is 3.48. The first-order chi connectivity index (χ1) is 15.9. The summed E-state index contributed by atoms with van der Waals surface area (Å²) in [4.78, 5) is 13.2. The van der Waals surface area contributed by atoms with Gasteiger partial charge in [-0.3, -0.25) is 4.79 Å². The van der Waals surface area contributed by atoms with E-state index in [-0.39, 0.29) is 34.0 Å². The maximum atomic E-state index is 13.8. The number of carbonyl (C=O) groups excluding carboxylic acids is 1. The van der Waals surface area contributed by atoms with Crippen molar-refractivity contribution >= 4 is 29.1 Å². The Balaban J connectivity index is 1.57. The highest BCUT2D eigenvalue weighted by Gasteiger charge is 2.41. The molecule has 0 aliphatic heterocycles. The van der Waals surface area contributed by atoms with Crippen LogP contribution in [0.4, 0.5) is 4.39 Å². The van der Waals surface area contributed by atoms with Gasteiger partial charge in [0.1, 0.15) is 23.2 Å². The van der Waals surface area contributed by atoms with Gasteiger partial charge in [-0.25, -0.2) is 4.39 Å². The molecular formula is C24H19Cl2FN4O2. The molecule has 33 heavy (non-hydrogen) atoms. The Morgan fingerprint density at radius 2 is 2.06 bits per heavy atom. The Morgan fingerprint density at radius 3 is 2.73 bits per heavy atom. The first-order valence-electron chi connectivity index (χ1n) is 10.7. The molecule has 1 amide bonds. The van der Waals surface area contributed by atoms with Crippen molar-refractivity contribution in [2.45, 2.75) is 31.7 Å². The van der Waals surface area contributed by atoms with Gasteiger partial charge in [0.25, 0.3) is 5.91 Å². The number of amides is 1. The molecule has 0 saturated heterocycles. The second-order valence-corrected chi connectivity index (χ2v) is 9.31. The van der Waals surface area contributed by atoms with E-state index in [4.69, 9.17) is 27.9 Å². The zero-order valence-corrected chi connectivity index (χ0v) is 18.9. The quantitative estimate of drug-likeness (QED) is 0.488. The fraction of sp³-hybridized carbons (Fsp3) is 0.292. The van der Waals surface area contributed by atoms with Crippen molar-refractivity contribution in [1.82, 2.24) is 15.1 Å². The van der Waals surface area contributed by atoms with E-state index in [1.165, 1.54) is 35.4 Å². The SMILES string of the molecule is N#Cc1c(C(=O)NC2CC3CCC2C3)nn(-c2ccc(Cl)cc2Cl)c1Oc1cccc(F)c1. The number of nitriles is 1. The van der Waals surface area contributed by atoms with E-state index in [1.807, 2.05) is 6.07 Å². The maximum Gasteiger partial charge on any atom is 0.273 e. The van der Waals surface area contributed by atoms with Gasteiger partial charge in [0.05, 0.1) is 10.7 Å². The van der Waals surface area contributed by atoms with E-state index < -0.39 is 11.7 Å². The number of rotatable bonds is 5. The monoisotopic (exact) mass is 484 g/mol. The van der Waals surface area contributed by atoms with Crippen LogP contribution in [0.25, 0.3) is 5.69 Å². The lowest BCUT2D eigenvalue weighted by Crippen LogP contribution is -2.39. The summed E-state index contributed by atoms with van der Waals surface area (Å²) >= 11 is 12.4. The van der Waals surface area contributed by atoms with Crippen LogP contribution in [0, 0.1) is 29.0 Å². The molecule has 2 fully saturated rings. The van der Waals surface area contributed by atoms with Crippen molar-refractivity contribution in [3.63, 3.8) is 0 Å². The number of ether oxygens (including phenoxy) is 1. The molecule has 1 aromatic heterocycles. The van der Waals surface area contributed by atoms with Crippen LogP contribution >= 0.6 is 23.2 Å². The number of nitrogens with zero attached hydrogens (tertiary/aromatic N) is 3. The van der Waals surface area contributed by atoms with Crippen LogP contribution in [-0.4, -0.2) is 21.7 Å². The third kappa shape index (κ3) is 4.17. The van der Waals surface area contributed by atoms with Crippen molar-refractivity contribution in [1.29, 1.82) is 5.26 Å². The number of carbonyl (C=O) groups is 1. The van der Waals surface area contributed by atoms with Gasteiger partial charge in [0, 0.05) is 17.1 Å². The highest BCUT2D eigenvalue weighted by molar-refractivity contribution is 6.35. The highest BCUT2D eigenvalue weighted by Crippen LogP contribution is 2.44. The maximum absolute atomic E-state index is 13.8. The number of fused-ring (bicyclic) bond motifs is 2. The molecule has 0 radical (unpaired) electrons. The zero-order chi connectivity index (χ0) is 23.1.